The van der Waals surface area contributed by atoms with Crippen molar-refractivity contribution in [1.29, 1.82) is 0 Å². The summed E-state index contributed by atoms with van der Waals surface area (Å²) in [7, 11) is 1.63. The molecule has 0 aliphatic rings. The summed E-state index contributed by atoms with van der Waals surface area (Å²) in [6.07, 6.45) is 2.00. The van der Waals surface area contributed by atoms with E-state index in [9.17, 15) is 4.79 Å². The Hall–Kier alpha value is -2.59. The van der Waals surface area contributed by atoms with E-state index in [1.165, 1.54) is 23.1 Å². The van der Waals surface area contributed by atoms with E-state index in [4.69, 9.17) is 9.47 Å². The van der Waals surface area contributed by atoms with Gasteiger partial charge in [0.15, 0.2) is 22.2 Å². The molecule has 1 N–H and O–H groups in total. The van der Waals surface area contributed by atoms with Crippen molar-refractivity contribution in [3.05, 3.63) is 41.7 Å². The second kappa shape index (κ2) is 10.6. The van der Waals surface area contributed by atoms with Gasteiger partial charge in [-0.2, -0.15) is 0 Å². The molecule has 0 spiro atoms. The van der Waals surface area contributed by atoms with Gasteiger partial charge in [0.25, 0.3) is 0 Å². The number of thiazole rings is 1. The SMILES string of the molecule is CCC(Sc1nnc(C(C)Oc2ccc(OC)cc2)n1C(C)C)C(=O)Nc1nccs1. The fourth-order valence-corrected chi connectivity index (χ4v) is 4.59. The van der Waals surface area contributed by atoms with Gasteiger partial charge in [0.2, 0.25) is 5.91 Å². The van der Waals surface area contributed by atoms with E-state index in [2.05, 4.69) is 34.3 Å². The van der Waals surface area contributed by atoms with Crippen LogP contribution >= 0.6 is 23.1 Å². The van der Waals surface area contributed by atoms with Crippen LogP contribution in [0.1, 0.15) is 52.1 Å². The van der Waals surface area contributed by atoms with Crippen LogP contribution in [0, 0.1) is 0 Å². The van der Waals surface area contributed by atoms with Crippen LogP contribution in [0.25, 0.3) is 0 Å². The van der Waals surface area contributed by atoms with Crippen molar-refractivity contribution >= 4 is 34.1 Å². The fourth-order valence-electron chi connectivity index (χ4n) is 2.96. The van der Waals surface area contributed by atoms with E-state index in [-0.39, 0.29) is 23.3 Å². The summed E-state index contributed by atoms with van der Waals surface area (Å²) in [5.74, 6) is 2.11. The molecule has 0 bridgehead atoms. The summed E-state index contributed by atoms with van der Waals surface area (Å²) < 4.78 is 13.3. The molecule has 10 heteroatoms. The lowest BCUT2D eigenvalue weighted by Crippen LogP contribution is -2.25. The van der Waals surface area contributed by atoms with E-state index in [1.54, 1.807) is 13.3 Å². The molecular formula is C21H27N5O3S2. The predicted molar refractivity (Wildman–Crippen MR) is 123 cm³/mol. The number of carbonyl (C=O) groups excluding carboxylic acids is 1. The van der Waals surface area contributed by atoms with Crippen LogP contribution < -0.4 is 14.8 Å². The quantitative estimate of drug-likeness (QED) is 0.426. The van der Waals surface area contributed by atoms with Crippen LogP contribution in [0.4, 0.5) is 5.13 Å². The lowest BCUT2D eigenvalue weighted by atomic mass is 10.3. The van der Waals surface area contributed by atoms with Gasteiger partial charge in [0.05, 0.1) is 12.4 Å². The number of ether oxygens (including phenoxy) is 2. The molecule has 8 nitrogen and oxygen atoms in total. The third-order valence-corrected chi connectivity index (χ3v) is 6.53. The number of nitrogens with zero attached hydrogens (tertiary/aromatic N) is 4. The number of carbonyl (C=O) groups is 1. The number of amides is 1. The van der Waals surface area contributed by atoms with Gasteiger partial charge in [0, 0.05) is 17.6 Å². The summed E-state index contributed by atoms with van der Waals surface area (Å²) in [6, 6.07) is 7.52. The zero-order valence-corrected chi connectivity index (χ0v) is 19.9. The first-order valence-electron chi connectivity index (χ1n) is 10.0. The molecule has 0 saturated carbocycles. The van der Waals surface area contributed by atoms with Gasteiger partial charge in [-0.25, -0.2) is 4.98 Å². The molecule has 3 rings (SSSR count). The number of nitrogens with one attached hydrogen (secondary N) is 1. The first kappa shape index (κ1) is 23.1. The van der Waals surface area contributed by atoms with Gasteiger partial charge in [-0.15, -0.1) is 21.5 Å². The van der Waals surface area contributed by atoms with Gasteiger partial charge in [0.1, 0.15) is 11.5 Å². The highest BCUT2D eigenvalue weighted by molar-refractivity contribution is 8.00. The highest BCUT2D eigenvalue weighted by atomic mass is 32.2. The van der Waals surface area contributed by atoms with E-state index in [0.717, 1.165) is 11.5 Å². The molecule has 0 radical (unpaired) electrons. The Bertz CT molecular complexity index is 974. The Morgan fingerprint density at radius 3 is 2.48 bits per heavy atom. The van der Waals surface area contributed by atoms with Crippen LogP contribution in [0.5, 0.6) is 11.5 Å². The minimum Gasteiger partial charge on any atom is -0.497 e. The average Bonchev–Trinajstić information content (AvgIpc) is 3.42. The lowest BCUT2D eigenvalue weighted by molar-refractivity contribution is -0.115. The monoisotopic (exact) mass is 461 g/mol. The van der Waals surface area contributed by atoms with E-state index in [0.29, 0.717) is 22.5 Å². The zero-order valence-electron chi connectivity index (χ0n) is 18.2. The van der Waals surface area contributed by atoms with Crippen molar-refractivity contribution in [2.75, 3.05) is 12.4 Å². The Kier molecular flexibility index (Phi) is 7.91. The van der Waals surface area contributed by atoms with Crippen molar-refractivity contribution in [3.63, 3.8) is 0 Å². The number of benzene rings is 1. The number of anilines is 1. The minimum absolute atomic E-state index is 0.0927. The molecule has 1 amide bonds. The van der Waals surface area contributed by atoms with E-state index in [1.807, 2.05) is 48.1 Å². The lowest BCUT2D eigenvalue weighted by Gasteiger charge is -2.20. The Morgan fingerprint density at radius 2 is 1.90 bits per heavy atom. The number of aromatic nitrogens is 4. The highest BCUT2D eigenvalue weighted by Gasteiger charge is 2.26. The molecule has 0 aliphatic heterocycles. The standard InChI is InChI=1S/C21H27N5O3S2/c1-6-17(19(27)23-20-22-11-12-30-20)31-21-25-24-18(26(21)13(2)3)14(4)29-16-9-7-15(28-5)8-10-16/h7-14,17H,6H2,1-5H3,(H,22,23,27). The summed E-state index contributed by atoms with van der Waals surface area (Å²) in [4.78, 5) is 16.8. The largest absolute Gasteiger partial charge is 0.497 e. The van der Waals surface area contributed by atoms with Gasteiger partial charge < -0.3 is 19.4 Å². The van der Waals surface area contributed by atoms with Gasteiger partial charge in [-0.3, -0.25) is 4.79 Å². The summed E-state index contributed by atoms with van der Waals surface area (Å²) in [5, 5.41) is 14.4. The van der Waals surface area contributed by atoms with Gasteiger partial charge in [-0.1, -0.05) is 18.7 Å². The number of hydrogen-bond donors (Lipinski definition) is 1. The second-order valence-electron chi connectivity index (χ2n) is 7.08. The first-order chi connectivity index (χ1) is 14.9. The van der Waals surface area contributed by atoms with E-state index >= 15 is 0 Å². The van der Waals surface area contributed by atoms with Crippen LogP contribution in [0.15, 0.2) is 41.0 Å². The normalized spacial score (nSPS) is 13.1. The zero-order chi connectivity index (χ0) is 22.4. The van der Waals surface area contributed by atoms with Crippen molar-refractivity contribution in [2.45, 2.75) is 56.7 Å². The molecule has 1 aromatic carbocycles. The summed E-state index contributed by atoms with van der Waals surface area (Å²) >= 11 is 2.80. The van der Waals surface area contributed by atoms with Gasteiger partial charge >= 0.3 is 0 Å². The van der Waals surface area contributed by atoms with Crippen LogP contribution in [-0.2, 0) is 4.79 Å². The molecule has 2 unspecified atom stereocenters. The molecule has 0 fully saturated rings. The Labute approximate surface area is 190 Å². The third-order valence-electron chi connectivity index (χ3n) is 4.52. The fraction of sp³-hybridized carbons (Fsp3) is 0.429. The maximum Gasteiger partial charge on any atom is 0.239 e. The second-order valence-corrected chi connectivity index (χ2v) is 9.15. The maximum absolute atomic E-state index is 12.7. The Balaban J connectivity index is 1.76. The van der Waals surface area contributed by atoms with Crippen molar-refractivity contribution in [1.82, 2.24) is 19.7 Å². The van der Waals surface area contributed by atoms with Crippen molar-refractivity contribution < 1.29 is 14.3 Å². The summed E-state index contributed by atoms with van der Waals surface area (Å²) in [6.45, 7) is 8.04. The molecular weight excluding hydrogens is 434 g/mol. The molecule has 0 aliphatic carbocycles. The Morgan fingerprint density at radius 1 is 1.19 bits per heavy atom. The molecule has 2 heterocycles. The highest BCUT2D eigenvalue weighted by Crippen LogP contribution is 2.31. The molecule has 31 heavy (non-hydrogen) atoms. The predicted octanol–water partition coefficient (Wildman–Crippen LogP) is 4.97. The number of rotatable bonds is 10. The number of methoxy groups -OCH3 is 1. The van der Waals surface area contributed by atoms with Gasteiger partial charge in [-0.05, 0) is 51.5 Å². The van der Waals surface area contributed by atoms with Crippen LogP contribution in [0.2, 0.25) is 0 Å². The van der Waals surface area contributed by atoms with Crippen LogP contribution in [-0.4, -0.2) is 38.0 Å². The molecule has 2 atom stereocenters. The van der Waals surface area contributed by atoms with E-state index < -0.39 is 0 Å². The molecule has 3 aromatic rings. The summed E-state index contributed by atoms with van der Waals surface area (Å²) in [5.41, 5.74) is 0. The number of thioether (sulfide) groups is 1. The number of hydrogen-bond acceptors (Lipinski definition) is 8. The smallest absolute Gasteiger partial charge is 0.239 e. The topological polar surface area (TPSA) is 91.2 Å². The molecule has 166 valence electrons. The average molecular weight is 462 g/mol. The minimum atomic E-state index is -0.318. The van der Waals surface area contributed by atoms with Crippen molar-refractivity contribution in [3.8, 4) is 11.5 Å². The maximum atomic E-state index is 12.7. The molecule has 2 aromatic heterocycles. The van der Waals surface area contributed by atoms with Crippen LogP contribution in [0.3, 0.4) is 0 Å². The molecule has 0 saturated heterocycles. The third kappa shape index (κ3) is 5.76. The first-order valence-corrected chi connectivity index (χ1v) is 11.8. The van der Waals surface area contributed by atoms with Crippen molar-refractivity contribution in [2.24, 2.45) is 0 Å².